The summed E-state index contributed by atoms with van der Waals surface area (Å²) in [4.78, 5) is 1.11. The molecule has 0 spiro atoms. The highest BCUT2D eigenvalue weighted by Crippen LogP contribution is 2.20. The molecule has 16 heavy (non-hydrogen) atoms. The number of nitrogens with one attached hydrogen (secondary N) is 1. The molecule has 1 unspecified atom stereocenters. The highest BCUT2D eigenvalue weighted by atomic mass is 32.2. The first kappa shape index (κ1) is 13.3. The van der Waals surface area contributed by atoms with Crippen LogP contribution in [0.2, 0.25) is 0 Å². The largest absolute Gasteiger partial charge is 0.316 e. The molecule has 0 aromatic heterocycles. The standard InChI is InChI=1S/C13H18FNS/c1-3-4-5-12(15-2)10-16-13-8-6-11(14)7-9-13/h3,6-9,12,15H,1,4-5,10H2,2H3. The monoisotopic (exact) mass is 239 g/mol. The Morgan fingerprint density at radius 3 is 2.69 bits per heavy atom. The average molecular weight is 239 g/mol. The molecule has 0 aliphatic rings. The Bertz CT molecular complexity index is 310. The number of thioether (sulfide) groups is 1. The lowest BCUT2D eigenvalue weighted by molar-refractivity contribution is 0.578. The second kappa shape index (κ2) is 7.47. The molecule has 1 N–H and O–H groups in total. The molecular weight excluding hydrogens is 221 g/mol. The van der Waals surface area contributed by atoms with E-state index < -0.39 is 0 Å². The van der Waals surface area contributed by atoms with Crippen LogP contribution in [0.4, 0.5) is 4.39 Å². The van der Waals surface area contributed by atoms with Crippen molar-refractivity contribution in [2.75, 3.05) is 12.8 Å². The summed E-state index contributed by atoms with van der Waals surface area (Å²) in [5.41, 5.74) is 0. The zero-order valence-corrected chi connectivity index (χ0v) is 10.4. The molecule has 1 aromatic carbocycles. The first-order valence-corrected chi connectivity index (χ1v) is 6.41. The summed E-state index contributed by atoms with van der Waals surface area (Å²) in [6, 6.07) is 7.12. The molecule has 1 aromatic rings. The smallest absolute Gasteiger partial charge is 0.123 e. The zero-order chi connectivity index (χ0) is 11.8. The fourth-order valence-electron chi connectivity index (χ4n) is 1.36. The number of halogens is 1. The Labute approximate surface area is 101 Å². The van der Waals surface area contributed by atoms with Crippen molar-refractivity contribution in [1.82, 2.24) is 5.32 Å². The third-order valence-corrected chi connectivity index (χ3v) is 3.57. The van der Waals surface area contributed by atoms with Gasteiger partial charge in [0.25, 0.3) is 0 Å². The summed E-state index contributed by atoms with van der Waals surface area (Å²) < 4.78 is 12.7. The SMILES string of the molecule is C=CCCC(CSc1ccc(F)cc1)NC. The van der Waals surface area contributed by atoms with Crippen LogP contribution in [0.15, 0.2) is 41.8 Å². The van der Waals surface area contributed by atoms with Crippen LogP contribution in [-0.4, -0.2) is 18.8 Å². The summed E-state index contributed by atoms with van der Waals surface area (Å²) in [5.74, 6) is 0.817. The summed E-state index contributed by atoms with van der Waals surface area (Å²) in [7, 11) is 1.97. The number of rotatable bonds is 7. The van der Waals surface area contributed by atoms with Gasteiger partial charge in [-0.1, -0.05) is 6.08 Å². The fourth-order valence-corrected chi connectivity index (χ4v) is 2.41. The Hall–Kier alpha value is -0.800. The third kappa shape index (κ3) is 4.81. The lowest BCUT2D eigenvalue weighted by atomic mass is 10.2. The van der Waals surface area contributed by atoms with Crippen LogP contribution in [0.25, 0.3) is 0 Å². The molecule has 1 nitrogen and oxygen atoms in total. The van der Waals surface area contributed by atoms with E-state index in [4.69, 9.17) is 0 Å². The van der Waals surface area contributed by atoms with Gasteiger partial charge in [0, 0.05) is 16.7 Å². The van der Waals surface area contributed by atoms with Crippen LogP contribution in [-0.2, 0) is 0 Å². The second-order valence-corrected chi connectivity index (χ2v) is 4.71. The number of benzene rings is 1. The van der Waals surface area contributed by atoms with Gasteiger partial charge in [-0.05, 0) is 44.2 Å². The molecule has 0 heterocycles. The number of hydrogen-bond donors (Lipinski definition) is 1. The van der Waals surface area contributed by atoms with E-state index in [1.807, 2.05) is 25.3 Å². The van der Waals surface area contributed by atoms with Crippen molar-refractivity contribution in [3.63, 3.8) is 0 Å². The average Bonchev–Trinajstić information content (AvgIpc) is 2.32. The zero-order valence-electron chi connectivity index (χ0n) is 9.58. The molecule has 1 rings (SSSR count). The maximum Gasteiger partial charge on any atom is 0.123 e. The Morgan fingerprint density at radius 1 is 1.44 bits per heavy atom. The highest BCUT2D eigenvalue weighted by Gasteiger charge is 2.05. The molecule has 0 bridgehead atoms. The third-order valence-electron chi connectivity index (χ3n) is 2.39. The van der Waals surface area contributed by atoms with Crippen molar-refractivity contribution in [2.45, 2.75) is 23.8 Å². The lowest BCUT2D eigenvalue weighted by Gasteiger charge is -2.14. The van der Waals surface area contributed by atoms with E-state index in [-0.39, 0.29) is 5.82 Å². The minimum absolute atomic E-state index is 0.179. The van der Waals surface area contributed by atoms with Crippen molar-refractivity contribution >= 4 is 11.8 Å². The van der Waals surface area contributed by atoms with Gasteiger partial charge in [-0.2, -0.15) is 0 Å². The van der Waals surface area contributed by atoms with Crippen molar-refractivity contribution in [3.05, 3.63) is 42.7 Å². The van der Waals surface area contributed by atoms with Gasteiger partial charge in [-0.25, -0.2) is 4.39 Å². The number of hydrogen-bond acceptors (Lipinski definition) is 2. The Kier molecular flexibility index (Phi) is 6.19. The van der Waals surface area contributed by atoms with E-state index in [9.17, 15) is 4.39 Å². The summed E-state index contributed by atoms with van der Waals surface area (Å²) in [6.07, 6.45) is 4.05. The van der Waals surface area contributed by atoms with Gasteiger partial charge in [-0.15, -0.1) is 18.3 Å². The van der Waals surface area contributed by atoms with E-state index >= 15 is 0 Å². The summed E-state index contributed by atoms with van der Waals surface area (Å²) in [5, 5.41) is 3.28. The van der Waals surface area contributed by atoms with E-state index in [0.717, 1.165) is 23.5 Å². The first-order chi connectivity index (χ1) is 7.76. The predicted octanol–water partition coefficient (Wildman–Crippen LogP) is 3.47. The van der Waals surface area contributed by atoms with Crippen molar-refractivity contribution < 1.29 is 4.39 Å². The fraction of sp³-hybridized carbons (Fsp3) is 0.385. The first-order valence-electron chi connectivity index (χ1n) is 5.42. The van der Waals surface area contributed by atoms with Gasteiger partial charge in [-0.3, -0.25) is 0 Å². The van der Waals surface area contributed by atoms with Crippen LogP contribution >= 0.6 is 11.8 Å². The Morgan fingerprint density at radius 2 is 2.12 bits per heavy atom. The van der Waals surface area contributed by atoms with Gasteiger partial charge < -0.3 is 5.32 Å². The second-order valence-electron chi connectivity index (χ2n) is 3.62. The highest BCUT2D eigenvalue weighted by molar-refractivity contribution is 7.99. The minimum Gasteiger partial charge on any atom is -0.316 e. The molecule has 1 atom stereocenters. The van der Waals surface area contributed by atoms with E-state index in [0.29, 0.717) is 6.04 Å². The summed E-state index contributed by atoms with van der Waals surface area (Å²) in [6.45, 7) is 3.72. The van der Waals surface area contributed by atoms with Crippen LogP contribution in [0.5, 0.6) is 0 Å². The van der Waals surface area contributed by atoms with E-state index in [2.05, 4.69) is 11.9 Å². The van der Waals surface area contributed by atoms with Crippen molar-refractivity contribution in [1.29, 1.82) is 0 Å². The van der Waals surface area contributed by atoms with Gasteiger partial charge in [0.15, 0.2) is 0 Å². The number of allylic oxidation sites excluding steroid dienone is 1. The van der Waals surface area contributed by atoms with Gasteiger partial charge in [0.1, 0.15) is 5.82 Å². The van der Waals surface area contributed by atoms with Crippen LogP contribution in [0.1, 0.15) is 12.8 Å². The van der Waals surface area contributed by atoms with Gasteiger partial charge in [0.05, 0.1) is 0 Å². The van der Waals surface area contributed by atoms with E-state index in [1.165, 1.54) is 12.1 Å². The predicted molar refractivity (Wildman–Crippen MR) is 69.4 cm³/mol. The molecule has 0 amide bonds. The molecule has 0 saturated carbocycles. The van der Waals surface area contributed by atoms with Gasteiger partial charge >= 0.3 is 0 Å². The summed E-state index contributed by atoms with van der Waals surface area (Å²) >= 11 is 1.75. The quantitative estimate of drug-likeness (QED) is 0.577. The van der Waals surface area contributed by atoms with Gasteiger partial charge in [0.2, 0.25) is 0 Å². The molecule has 0 aliphatic heterocycles. The maximum absolute atomic E-state index is 12.7. The Balaban J connectivity index is 2.36. The molecular formula is C13H18FNS. The van der Waals surface area contributed by atoms with Crippen LogP contribution in [0.3, 0.4) is 0 Å². The van der Waals surface area contributed by atoms with Crippen molar-refractivity contribution in [3.8, 4) is 0 Å². The molecule has 3 heteroatoms. The van der Waals surface area contributed by atoms with Crippen molar-refractivity contribution in [2.24, 2.45) is 0 Å². The molecule has 0 fully saturated rings. The normalized spacial score (nSPS) is 12.4. The molecule has 0 saturated heterocycles. The minimum atomic E-state index is -0.179. The maximum atomic E-state index is 12.7. The van der Waals surface area contributed by atoms with Crippen LogP contribution < -0.4 is 5.32 Å². The molecule has 0 aliphatic carbocycles. The van der Waals surface area contributed by atoms with Crippen LogP contribution in [0, 0.1) is 5.82 Å². The van der Waals surface area contributed by atoms with E-state index in [1.54, 1.807) is 11.8 Å². The molecule has 88 valence electrons. The molecule has 0 radical (unpaired) electrons. The lowest BCUT2D eigenvalue weighted by Crippen LogP contribution is -2.27. The topological polar surface area (TPSA) is 12.0 Å².